The van der Waals surface area contributed by atoms with Gasteiger partial charge in [-0.05, 0) is 410 Å². The molecule has 10 aromatic carbocycles. The van der Waals surface area contributed by atoms with E-state index < -0.39 is 170 Å². The second-order valence-corrected chi connectivity index (χ2v) is 50.1. The maximum absolute atomic E-state index is 6.44. The van der Waals surface area contributed by atoms with Crippen LogP contribution >= 0.6 is 0 Å². The highest BCUT2D eigenvalue weighted by Crippen LogP contribution is 2.49. The molecule has 144 heavy (non-hydrogen) atoms. The summed E-state index contributed by atoms with van der Waals surface area (Å²) in [6.07, 6.45) is 0. The summed E-state index contributed by atoms with van der Waals surface area (Å²) in [6.45, 7) is 77.2. The van der Waals surface area contributed by atoms with Crippen LogP contribution in [0.4, 0.5) is 17.1 Å². The van der Waals surface area contributed by atoms with Gasteiger partial charge in [-0.15, -0.1) is 0 Å². The molecule has 0 saturated carbocycles. The highest BCUT2D eigenvalue weighted by Gasteiger charge is 2.60. The van der Waals surface area contributed by atoms with Gasteiger partial charge in [0.2, 0.25) is 0 Å². The average Bonchev–Trinajstić information content (AvgIpc) is 1.20. The van der Waals surface area contributed by atoms with E-state index in [1.54, 1.807) is 0 Å². The van der Waals surface area contributed by atoms with Crippen LogP contribution in [0.1, 0.15) is 273 Å². The Hall–Kier alpha value is -8.14. The lowest BCUT2D eigenvalue weighted by molar-refractivity contribution is 0.00578. The van der Waals surface area contributed by atoms with Crippen molar-refractivity contribution in [1.29, 1.82) is 0 Å². The molecule has 9 heterocycles. The fraction of sp³-hybridized carbons (Fsp3) is 0.483. The first-order valence-corrected chi connectivity index (χ1v) is 51.6. The quantitative estimate of drug-likeness (QED) is 0.0586. The van der Waals surface area contributed by atoms with E-state index in [0.29, 0.717) is 0 Å². The van der Waals surface area contributed by atoms with Crippen LogP contribution in [0.15, 0.2) is 237 Å². The monoisotopic (exact) mass is 1940 g/mol. The van der Waals surface area contributed by atoms with Crippen LogP contribution in [0, 0.1) is 0 Å². The number of benzene rings is 10. The van der Waals surface area contributed by atoms with Gasteiger partial charge in [0.1, 0.15) is 0 Å². The van der Waals surface area contributed by atoms with Gasteiger partial charge in [-0.3, -0.25) is 0 Å². The van der Waals surface area contributed by atoms with Crippen molar-refractivity contribution in [3.05, 3.63) is 253 Å². The Morgan fingerprint density at radius 2 is 0.285 bits per heavy atom. The fourth-order valence-corrected chi connectivity index (χ4v) is 18.7. The summed E-state index contributed by atoms with van der Waals surface area (Å²) >= 11 is 0. The van der Waals surface area contributed by atoms with E-state index in [1.807, 2.05) is 0 Å². The summed E-state index contributed by atoms with van der Waals surface area (Å²) in [5.74, 6) is 0. The van der Waals surface area contributed by atoms with E-state index in [0.717, 1.165) is 116 Å². The normalized spacial score (nSPS) is 23.3. The number of anilines is 3. The summed E-state index contributed by atoms with van der Waals surface area (Å²) in [6, 6.07) is 83.5. The third-order valence-corrected chi connectivity index (χ3v) is 35.2. The zero-order chi connectivity index (χ0) is 105. The number of hydrogen-bond donors (Lipinski definition) is 0. The Balaban J connectivity index is 0.000000148. The second-order valence-electron chi connectivity index (χ2n) is 50.1. The molecule has 9 aliphatic heterocycles. The zero-order valence-electron chi connectivity index (χ0n) is 92.5. The highest BCUT2D eigenvalue weighted by atomic mass is 16.7. The van der Waals surface area contributed by atoms with E-state index in [9.17, 15) is 0 Å². The molecule has 0 amide bonds. The third kappa shape index (κ3) is 20.1. The molecule has 0 spiro atoms. The molecular formula is C116H150B9NO18. The standard InChI is InChI=1S/C42H51B3O6.C38H51B3O6.C36H48B3NO6/c1-37(2)38(3,4)47-43(46-37)34-19-13-16-28(25-34)31-22-32(29-17-14-20-35(26-29)44-48-39(5,6)40(7,8)49-44)24-33(23-31)30-18-15-21-36(27-30)45-50-41(9,10)42(11,12)51-45;1-32(2)33(3,4)43-39(42-32)29-20-14-26(15-21-29)38(13,27-16-22-30(23-17-27)40-44-34(5,6)35(7,8)45-40)28-18-24-31(25-19-28)41-46-36(9,10)37(11,12)47-41;1-31(2)32(3,4)42-37(41-31)25-13-19-28(20-14-25)40(29-21-15-26(16-22-29)38-43-33(5,6)34(7,8)44-38)30-23-17-27(18-24-30)39-45-35(9,10)36(11,12)46-39/h13-27H,1-12H3;14-25H,1-13H3;13-24H,1-12H3. The molecule has 19 rings (SSSR count). The maximum Gasteiger partial charge on any atom is 0.494 e. The van der Waals surface area contributed by atoms with Crippen molar-refractivity contribution >= 4 is 130 Å². The van der Waals surface area contributed by atoms with Crippen molar-refractivity contribution in [2.75, 3.05) is 4.90 Å². The van der Waals surface area contributed by atoms with Gasteiger partial charge in [-0.2, -0.15) is 0 Å². The Bertz CT molecular complexity index is 5600. The molecule has 0 unspecified atom stereocenters. The molecule has 19 nitrogen and oxygen atoms in total. The number of nitrogens with zero attached hydrogens (tertiary/aromatic N) is 1. The first kappa shape index (κ1) is 107. The van der Waals surface area contributed by atoms with Gasteiger partial charge in [0.25, 0.3) is 0 Å². The fourth-order valence-electron chi connectivity index (χ4n) is 18.7. The maximum atomic E-state index is 6.44. The molecule has 9 fully saturated rings. The molecule has 754 valence electrons. The molecule has 0 aliphatic carbocycles. The summed E-state index contributed by atoms with van der Waals surface area (Å²) in [7, 11) is -3.89. The lowest BCUT2D eigenvalue weighted by Gasteiger charge is -2.32. The predicted octanol–water partition coefficient (Wildman–Crippen LogP) is 19.6. The van der Waals surface area contributed by atoms with Gasteiger partial charge >= 0.3 is 64.1 Å². The van der Waals surface area contributed by atoms with Crippen LogP contribution in [0.2, 0.25) is 0 Å². The van der Waals surface area contributed by atoms with Gasteiger partial charge in [-0.1, -0.05) is 182 Å². The summed E-state index contributed by atoms with van der Waals surface area (Å²) in [5.41, 5.74) is 14.1. The van der Waals surface area contributed by atoms with E-state index >= 15 is 0 Å². The molecule has 0 N–H and O–H groups in total. The first-order chi connectivity index (χ1) is 66.5. The van der Waals surface area contributed by atoms with Crippen molar-refractivity contribution in [3.8, 4) is 33.4 Å². The average molecular weight is 1940 g/mol. The Labute approximate surface area is 862 Å². The van der Waals surface area contributed by atoms with E-state index in [4.69, 9.17) is 83.8 Å². The summed E-state index contributed by atoms with van der Waals surface area (Å²) in [4.78, 5) is 2.23. The summed E-state index contributed by atoms with van der Waals surface area (Å²) in [5, 5.41) is 0. The minimum absolute atomic E-state index is 0.400. The van der Waals surface area contributed by atoms with Crippen molar-refractivity contribution in [2.24, 2.45) is 0 Å². The van der Waals surface area contributed by atoms with Crippen molar-refractivity contribution < 1.29 is 83.8 Å². The highest BCUT2D eigenvalue weighted by molar-refractivity contribution is 6.66. The van der Waals surface area contributed by atoms with E-state index in [1.165, 1.54) is 0 Å². The molecule has 9 saturated heterocycles. The smallest absolute Gasteiger partial charge is 0.399 e. The van der Waals surface area contributed by atoms with Crippen molar-refractivity contribution in [3.63, 3.8) is 0 Å². The SMILES string of the molecule is CC(c1ccc(B2OC(C)(C)C(C)(C)O2)cc1)(c1ccc(B2OC(C)(C)C(C)(C)O2)cc1)c1ccc(B2OC(C)(C)C(C)(C)O2)cc1.CC1(C)OB(c2ccc(N(c3ccc(B4OC(C)(C)C(C)(C)O4)cc3)c3ccc(B4OC(C)(C)C(C)(C)O4)cc3)cc2)OC1(C)C.CC1(C)OB(c2cccc(-c3cc(-c4cccc(B5OC(C)(C)C(C)(C)O5)c4)cc(-c4cccc(B5OC(C)(C)C(C)(C)O5)c4)c3)c2)OC1(C)C. The van der Waals surface area contributed by atoms with Gasteiger partial charge in [0, 0.05) is 22.5 Å². The van der Waals surface area contributed by atoms with E-state index in [-0.39, 0.29) is 0 Å². The van der Waals surface area contributed by atoms with Gasteiger partial charge in [-0.25, -0.2) is 0 Å². The molecule has 9 aliphatic rings. The Morgan fingerprint density at radius 3 is 0.431 bits per heavy atom. The molecule has 0 aromatic heterocycles. The van der Waals surface area contributed by atoms with Gasteiger partial charge in [0.05, 0.1) is 101 Å². The lowest BCUT2D eigenvalue weighted by Crippen LogP contribution is -2.41. The van der Waals surface area contributed by atoms with Crippen LogP contribution in [0.3, 0.4) is 0 Å². The van der Waals surface area contributed by atoms with E-state index in [2.05, 4.69) is 498 Å². The van der Waals surface area contributed by atoms with Gasteiger partial charge < -0.3 is 88.7 Å². The zero-order valence-corrected chi connectivity index (χ0v) is 92.5. The van der Waals surface area contributed by atoms with Crippen molar-refractivity contribution in [2.45, 2.75) is 362 Å². The Kier molecular flexibility index (Phi) is 27.5. The van der Waals surface area contributed by atoms with Crippen LogP contribution in [-0.4, -0.2) is 165 Å². The molecule has 28 heteroatoms. The van der Waals surface area contributed by atoms with Crippen LogP contribution < -0.4 is 54.1 Å². The minimum Gasteiger partial charge on any atom is -0.399 e. The lowest BCUT2D eigenvalue weighted by atomic mass is 9.67. The van der Waals surface area contributed by atoms with Crippen LogP contribution in [0.5, 0.6) is 0 Å². The number of hydrogen-bond acceptors (Lipinski definition) is 19. The molecule has 0 radical (unpaired) electrons. The molecular weight excluding hydrogens is 1790 g/mol. The van der Waals surface area contributed by atoms with Crippen LogP contribution in [0.25, 0.3) is 33.4 Å². The molecule has 10 aromatic rings. The number of rotatable bonds is 18. The molecule has 0 bridgehead atoms. The predicted molar refractivity (Wildman–Crippen MR) is 590 cm³/mol. The third-order valence-electron chi connectivity index (χ3n) is 35.2. The Morgan fingerprint density at radius 1 is 0.153 bits per heavy atom. The topological polar surface area (TPSA) is 169 Å². The summed E-state index contributed by atoms with van der Waals surface area (Å²) < 4.78 is 115. The largest absolute Gasteiger partial charge is 0.494 e. The second kappa shape index (κ2) is 36.9. The van der Waals surface area contributed by atoms with Crippen molar-refractivity contribution in [1.82, 2.24) is 0 Å². The molecule has 0 atom stereocenters. The van der Waals surface area contributed by atoms with Gasteiger partial charge in [0.15, 0.2) is 0 Å². The first-order valence-electron chi connectivity index (χ1n) is 51.6. The van der Waals surface area contributed by atoms with Crippen LogP contribution in [-0.2, 0) is 89.2 Å². The minimum atomic E-state index is -0.475.